The third-order valence-electron chi connectivity index (χ3n) is 6.20. The van der Waals surface area contributed by atoms with Crippen LogP contribution in [0.15, 0.2) is 55.4 Å². The fraction of sp³-hybridized carbons (Fsp3) is 0.308. The SMILES string of the molecule is Cc1cc(-n2ccnc2)c2cccc(OCc3c(Cl)cncc3CNC(=O)C3CCOCC3)c2n1. The van der Waals surface area contributed by atoms with E-state index in [1.54, 1.807) is 24.9 Å². The lowest BCUT2D eigenvalue weighted by molar-refractivity contribution is -0.128. The molecule has 1 aromatic carbocycles. The topological polar surface area (TPSA) is 91.2 Å². The monoisotopic (exact) mass is 491 g/mol. The van der Waals surface area contributed by atoms with Crippen molar-refractivity contribution in [3.8, 4) is 11.4 Å². The van der Waals surface area contributed by atoms with Gasteiger partial charge in [-0.2, -0.15) is 0 Å². The van der Waals surface area contributed by atoms with Crippen molar-refractivity contribution in [2.45, 2.75) is 32.9 Å². The first kappa shape index (κ1) is 23.3. The van der Waals surface area contributed by atoms with E-state index in [2.05, 4.69) is 15.3 Å². The number of hydrogen-bond acceptors (Lipinski definition) is 6. The predicted octanol–water partition coefficient (Wildman–Crippen LogP) is 4.40. The zero-order chi connectivity index (χ0) is 24.2. The molecule has 5 rings (SSSR count). The molecule has 35 heavy (non-hydrogen) atoms. The first-order valence-corrected chi connectivity index (χ1v) is 12.0. The molecule has 4 aromatic rings. The molecule has 3 aromatic heterocycles. The summed E-state index contributed by atoms with van der Waals surface area (Å²) in [4.78, 5) is 25.7. The lowest BCUT2D eigenvalue weighted by Crippen LogP contribution is -2.34. The third kappa shape index (κ3) is 5.13. The van der Waals surface area contributed by atoms with Gasteiger partial charge in [-0.25, -0.2) is 9.97 Å². The minimum atomic E-state index is -0.0229. The van der Waals surface area contributed by atoms with Gasteiger partial charge in [-0.1, -0.05) is 23.7 Å². The summed E-state index contributed by atoms with van der Waals surface area (Å²) in [5, 5.41) is 4.47. The number of carbonyl (C=O) groups is 1. The van der Waals surface area contributed by atoms with Crippen LogP contribution in [-0.4, -0.2) is 38.6 Å². The third-order valence-corrected chi connectivity index (χ3v) is 6.53. The molecule has 0 atom stereocenters. The van der Waals surface area contributed by atoms with Crippen LogP contribution in [0.4, 0.5) is 0 Å². The predicted molar refractivity (Wildman–Crippen MR) is 133 cm³/mol. The Bertz CT molecular complexity index is 1340. The van der Waals surface area contributed by atoms with Crippen LogP contribution >= 0.6 is 11.6 Å². The van der Waals surface area contributed by atoms with E-state index < -0.39 is 0 Å². The molecule has 1 fully saturated rings. The molecule has 0 bridgehead atoms. The Morgan fingerprint density at radius 1 is 1.26 bits per heavy atom. The number of hydrogen-bond donors (Lipinski definition) is 1. The second-order valence-corrected chi connectivity index (χ2v) is 8.96. The van der Waals surface area contributed by atoms with Gasteiger partial charge < -0.3 is 19.4 Å². The highest BCUT2D eigenvalue weighted by molar-refractivity contribution is 6.31. The molecule has 1 aliphatic rings. The summed E-state index contributed by atoms with van der Waals surface area (Å²) in [6.07, 6.45) is 10.2. The van der Waals surface area contributed by atoms with Crippen molar-refractivity contribution < 1.29 is 14.3 Å². The van der Waals surface area contributed by atoms with E-state index in [1.807, 2.05) is 42.0 Å². The summed E-state index contributed by atoms with van der Waals surface area (Å²) in [5.74, 6) is 0.656. The Hall–Kier alpha value is -3.49. The van der Waals surface area contributed by atoms with Crippen LogP contribution in [0.5, 0.6) is 5.75 Å². The normalized spacial score (nSPS) is 14.2. The number of ether oxygens (including phenoxy) is 2. The van der Waals surface area contributed by atoms with Crippen LogP contribution in [-0.2, 0) is 22.7 Å². The molecule has 0 aliphatic carbocycles. The average Bonchev–Trinajstić information content (AvgIpc) is 3.42. The molecule has 0 radical (unpaired) electrons. The van der Waals surface area contributed by atoms with Gasteiger partial charge in [0.2, 0.25) is 5.91 Å². The van der Waals surface area contributed by atoms with Gasteiger partial charge in [-0.05, 0) is 37.5 Å². The van der Waals surface area contributed by atoms with Gasteiger partial charge in [-0.15, -0.1) is 0 Å². The van der Waals surface area contributed by atoms with Crippen LogP contribution in [0.1, 0.15) is 29.7 Å². The lowest BCUT2D eigenvalue weighted by atomic mass is 9.99. The van der Waals surface area contributed by atoms with Gasteiger partial charge in [0.05, 0.1) is 17.0 Å². The highest BCUT2D eigenvalue weighted by Gasteiger charge is 2.22. The maximum absolute atomic E-state index is 12.6. The van der Waals surface area contributed by atoms with Gasteiger partial charge in [-0.3, -0.25) is 9.78 Å². The summed E-state index contributed by atoms with van der Waals surface area (Å²) in [6, 6.07) is 7.87. The quantitative estimate of drug-likeness (QED) is 0.412. The number of pyridine rings is 2. The van der Waals surface area contributed by atoms with Crippen LogP contribution < -0.4 is 10.1 Å². The Kier molecular flexibility index (Phi) is 6.92. The highest BCUT2D eigenvalue weighted by Crippen LogP contribution is 2.30. The zero-order valence-corrected chi connectivity index (χ0v) is 20.2. The van der Waals surface area contributed by atoms with Crippen molar-refractivity contribution >= 4 is 28.4 Å². The highest BCUT2D eigenvalue weighted by atomic mass is 35.5. The van der Waals surface area contributed by atoms with Crippen molar-refractivity contribution in [3.63, 3.8) is 0 Å². The Labute approximate surface area is 208 Å². The second-order valence-electron chi connectivity index (χ2n) is 8.56. The largest absolute Gasteiger partial charge is 0.487 e. The summed E-state index contributed by atoms with van der Waals surface area (Å²) in [7, 11) is 0. The number of halogens is 1. The molecule has 8 nitrogen and oxygen atoms in total. The lowest BCUT2D eigenvalue weighted by Gasteiger charge is -2.21. The van der Waals surface area contributed by atoms with Gasteiger partial charge >= 0.3 is 0 Å². The number of aromatic nitrogens is 4. The van der Waals surface area contributed by atoms with Gasteiger partial charge in [0.15, 0.2) is 0 Å². The van der Waals surface area contributed by atoms with Crippen LogP contribution in [0.2, 0.25) is 5.02 Å². The maximum Gasteiger partial charge on any atom is 0.223 e. The molecule has 0 unspecified atom stereocenters. The molecule has 180 valence electrons. The number of imidazole rings is 1. The number of fused-ring (bicyclic) bond motifs is 1. The zero-order valence-electron chi connectivity index (χ0n) is 19.4. The number of para-hydroxylation sites is 1. The van der Waals surface area contributed by atoms with Crippen molar-refractivity contribution in [2.75, 3.05) is 13.2 Å². The maximum atomic E-state index is 12.6. The molecular weight excluding hydrogens is 466 g/mol. The van der Waals surface area contributed by atoms with E-state index in [-0.39, 0.29) is 18.4 Å². The molecular formula is C26H26ClN5O3. The number of aryl methyl sites for hydroxylation is 1. The van der Waals surface area contributed by atoms with E-state index in [4.69, 9.17) is 26.1 Å². The smallest absolute Gasteiger partial charge is 0.223 e. The second kappa shape index (κ2) is 10.4. The van der Waals surface area contributed by atoms with Crippen molar-refractivity contribution in [2.24, 2.45) is 5.92 Å². The van der Waals surface area contributed by atoms with Gasteiger partial charge in [0, 0.05) is 67.1 Å². The molecule has 0 saturated carbocycles. The van der Waals surface area contributed by atoms with E-state index >= 15 is 0 Å². The van der Waals surface area contributed by atoms with Crippen molar-refractivity contribution in [3.05, 3.63) is 77.2 Å². The Morgan fingerprint density at radius 2 is 2.11 bits per heavy atom. The molecule has 1 aliphatic heterocycles. The first-order valence-electron chi connectivity index (χ1n) is 11.6. The summed E-state index contributed by atoms with van der Waals surface area (Å²) in [6.45, 7) is 3.75. The Balaban J connectivity index is 1.37. The summed E-state index contributed by atoms with van der Waals surface area (Å²) < 4.78 is 13.6. The van der Waals surface area contributed by atoms with Crippen molar-refractivity contribution in [1.29, 1.82) is 0 Å². The van der Waals surface area contributed by atoms with Crippen LogP contribution in [0, 0.1) is 12.8 Å². The number of nitrogens with one attached hydrogen (secondary N) is 1. The number of rotatable bonds is 7. The van der Waals surface area contributed by atoms with E-state index in [0.717, 1.165) is 46.3 Å². The molecule has 1 saturated heterocycles. The van der Waals surface area contributed by atoms with Crippen LogP contribution in [0.25, 0.3) is 16.6 Å². The van der Waals surface area contributed by atoms with Gasteiger partial charge in [0.1, 0.15) is 17.9 Å². The average molecular weight is 492 g/mol. The minimum Gasteiger partial charge on any atom is -0.487 e. The molecule has 4 heterocycles. The minimum absolute atomic E-state index is 0.0229. The summed E-state index contributed by atoms with van der Waals surface area (Å²) >= 11 is 6.50. The Morgan fingerprint density at radius 3 is 2.91 bits per heavy atom. The van der Waals surface area contributed by atoms with Gasteiger partial charge in [0.25, 0.3) is 0 Å². The van der Waals surface area contributed by atoms with Crippen molar-refractivity contribution in [1.82, 2.24) is 24.8 Å². The number of amides is 1. The van der Waals surface area contributed by atoms with E-state index in [9.17, 15) is 4.79 Å². The van der Waals surface area contributed by atoms with E-state index in [0.29, 0.717) is 30.5 Å². The molecule has 1 amide bonds. The molecule has 0 spiro atoms. The number of benzene rings is 1. The number of nitrogens with zero attached hydrogens (tertiary/aromatic N) is 4. The fourth-order valence-electron chi connectivity index (χ4n) is 4.31. The van der Waals surface area contributed by atoms with E-state index in [1.165, 1.54) is 0 Å². The standard InChI is InChI=1S/C26H26ClN5O3/c1-17-11-23(32-8-7-28-16-32)20-3-2-4-24(25(20)31-17)35-15-21-19(12-29-14-22(21)27)13-30-26(33)18-5-9-34-10-6-18/h2-4,7-8,11-12,14,16,18H,5-6,9-10,13,15H2,1H3,(H,30,33). The number of carbonyl (C=O) groups excluding carboxylic acids is 1. The first-order chi connectivity index (χ1) is 17.1. The van der Waals surface area contributed by atoms with Crippen LogP contribution in [0.3, 0.4) is 0 Å². The molecule has 1 N–H and O–H groups in total. The summed E-state index contributed by atoms with van der Waals surface area (Å²) in [5.41, 5.74) is 4.22. The fourth-order valence-corrected chi connectivity index (χ4v) is 4.54. The molecule has 9 heteroatoms.